The van der Waals surface area contributed by atoms with Crippen molar-refractivity contribution < 1.29 is 13.1 Å². The topological polar surface area (TPSA) is 17.0 Å². The van der Waals surface area contributed by atoms with E-state index in [0.29, 0.717) is 5.56 Å². The van der Waals surface area contributed by atoms with Gasteiger partial charge in [-0.15, -0.1) is 0 Å². The van der Waals surface area contributed by atoms with E-state index in [1.807, 2.05) is 26.1 Å². The van der Waals surface area contributed by atoms with E-state index in [-0.39, 0.29) is 0 Å². The zero-order chi connectivity index (χ0) is 21.2. The molecule has 0 fully saturated rings. The van der Waals surface area contributed by atoms with Crippen LogP contribution in [0.15, 0.2) is 65.2 Å². The standard InChI is InChI=1S/C25H22NO/c1-15-6-8-20(17(3)9-15)23-13-25-22(14-26(23)4)21-11-18-7-5-16(2)10-19(18)12-24(21)27-25/h5-14H,1-4H3/q+1/i1D3. The van der Waals surface area contributed by atoms with E-state index in [4.69, 9.17) is 8.53 Å². The molecular formula is C25H22NO+. The van der Waals surface area contributed by atoms with Gasteiger partial charge in [0.2, 0.25) is 5.69 Å². The normalized spacial score (nSPS) is 13.8. The lowest BCUT2D eigenvalue weighted by Crippen LogP contribution is -2.30. The molecule has 0 radical (unpaired) electrons. The van der Waals surface area contributed by atoms with Crippen LogP contribution in [0.3, 0.4) is 0 Å². The summed E-state index contributed by atoms with van der Waals surface area (Å²) in [7, 11) is 2.01. The molecule has 2 aromatic heterocycles. The Bertz CT molecular complexity index is 1460. The number of aryl methyl sites for hydroxylation is 4. The summed E-state index contributed by atoms with van der Waals surface area (Å²) in [5, 5.41) is 4.52. The largest absolute Gasteiger partial charge is 0.456 e. The van der Waals surface area contributed by atoms with Gasteiger partial charge in [0.1, 0.15) is 18.2 Å². The molecule has 2 heterocycles. The minimum atomic E-state index is -2.10. The van der Waals surface area contributed by atoms with Crippen LogP contribution in [0, 0.1) is 20.7 Å². The number of hydrogen-bond acceptors (Lipinski definition) is 1. The van der Waals surface area contributed by atoms with Gasteiger partial charge in [-0.2, -0.15) is 0 Å². The molecule has 5 aromatic rings. The van der Waals surface area contributed by atoms with Crippen LogP contribution in [0.1, 0.15) is 20.8 Å². The van der Waals surface area contributed by atoms with Crippen molar-refractivity contribution >= 4 is 32.7 Å². The van der Waals surface area contributed by atoms with Gasteiger partial charge < -0.3 is 4.42 Å². The molecule has 132 valence electrons. The van der Waals surface area contributed by atoms with Gasteiger partial charge in [0.15, 0.2) is 6.20 Å². The number of aromatic nitrogens is 1. The van der Waals surface area contributed by atoms with Gasteiger partial charge in [0.25, 0.3) is 0 Å². The lowest BCUT2D eigenvalue weighted by atomic mass is 10.0. The average Bonchev–Trinajstić information content (AvgIpc) is 3.01. The van der Waals surface area contributed by atoms with Crippen molar-refractivity contribution in [2.75, 3.05) is 0 Å². The van der Waals surface area contributed by atoms with E-state index in [1.165, 1.54) is 16.3 Å². The summed E-state index contributed by atoms with van der Waals surface area (Å²) in [6.07, 6.45) is 2.09. The van der Waals surface area contributed by atoms with Crippen molar-refractivity contribution in [1.29, 1.82) is 0 Å². The molecule has 0 bridgehead atoms. The van der Waals surface area contributed by atoms with Crippen LogP contribution in [0.4, 0.5) is 0 Å². The number of benzene rings is 3. The summed E-state index contributed by atoms with van der Waals surface area (Å²) in [5.41, 5.74) is 6.18. The number of rotatable bonds is 1. The Hall–Kier alpha value is -3.13. The first-order valence-electron chi connectivity index (χ1n) is 10.6. The quantitative estimate of drug-likeness (QED) is 0.329. The zero-order valence-corrected chi connectivity index (χ0v) is 15.6. The monoisotopic (exact) mass is 355 g/mol. The highest BCUT2D eigenvalue weighted by atomic mass is 16.3. The third-order valence-electron chi connectivity index (χ3n) is 5.34. The molecule has 5 rings (SSSR count). The Balaban J connectivity index is 1.72. The van der Waals surface area contributed by atoms with Gasteiger partial charge >= 0.3 is 0 Å². The molecule has 0 atom stereocenters. The van der Waals surface area contributed by atoms with Gasteiger partial charge in [0, 0.05) is 15.1 Å². The number of fused-ring (bicyclic) bond motifs is 4. The van der Waals surface area contributed by atoms with Crippen molar-refractivity contribution in [2.45, 2.75) is 20.7 Å². The second kappa shape index (κ2) is 5.68. The number of hydrogen-bond donors (Lipinski definition) is 0. The molecule has 2 heteroatoms. The van der Waals surface area contributed by atoms with Gasteiger partial charge in [0.05, 0.1) is 11.5 Å². The molecule has 0 saturated carbocycles. The number of furan rings is 1. The summed E-state index contributed by atoms with van der Waals surface area (Å²) in [6.45, 7) is 1.94. The molecule has 2 nitrogen and oxygen atoms in total. The number of nitrogens with zero attached hydrogens (tertiary/aromatic N) is 1. The van der Waals surface area contributed by atoms with Crippen LogP contribution < -0.4 is 4.57 Å². The smallest absolute Gasteiger partial charge is 0.216 e. The highest BCUT2D eigenvalue weighted by Gasteiger charge is 2.18. The highest BCUT2D eigenvalue weighted by molar-refractivity contribution is 6.09. The van der Waals surface area contributed by atoms with Crippen molar-refractivity contribution in [3.05, 3.63) is 77.5 Å². The van der Waals surface area contributed by atoms with E-state index in [0.717, 1.165) is 38.8 Å². The summed E-state index contributed by atoms with van der Waals surface area (Å²) in [4.78, 5) is 0. The van der Waals surface area contributed by atoms with Crippen molar-refractivity contribution in [3.63, 3.8) is 0 Å². The minimum Gasteiger partial charge on any atom is -0.456 e. The highest BCUT2D eigenvalue weighted by Crippen LogP contribution is 2.33. The zero-order valence-electron chi connectivity index (χ0n) is 18.6. The number of pyridine rings is 1. The molecule has 27 heavy (non-hydrogen) atoms. The Morgan fingerprint density at radius 1 is 0.815 bits per heavy atom. The minimum absolute atomic E-state index is 0.359. The lowest BCUT2D eigenvalue weighted by molar-refractivity contribution is -0.659. The van der Waals surface area contributed by atoms with E-state index in [2.05, 4.69) is 48.0 Å². The van der Waals surface area contributed by atoms with Crippen LogP contribution in [0.25, 0.3) is 44.0 Å². The Morgan fingerprint density at radius 2 is 1.63 bits per heavy atom. The van der Waals surface area contributed by atoms with Crippen molar-refractivity contribution in [3.8, 4) is 11.3 Å². The molecular weight excluding hydrogens is 330 g/mol. The first-order valence-corrected chi connectivity index (χ1v) is 9.08. The van der Waals surface area contributed by atoms with Gasteiger partial charge in [-0.25, -0.2) is 4.57 Å². The Labute approximate surface area is 162 Å². The molecule has 0 saturated heterocycles. The SMILES string of the molecule is [2H]C([2H])([2H])c1ccc(-c2cc3oc4cc5cc(C)ccc5cc4c3c[n+]2C)c(C)c1. The molecule has 0 amide bonds. The fourth-order valence-corrected chi connectivity index (χ4v) is 3.95. The molecule has 0 aliphatic rings. The van der Waals surface area contributed by atoms with Gasteiger partial charge in [-0.3, -0.25) is 0 Å². The second-order valence-electron chi connectivity index (χ2n) is 7.38. The van der Waals surface area contributed by atoms with Crippen molar-refractivity contribution in [1.82, 2.24) is 0 Å². The van der Waals surface area contributed by atoms with Crippen LogP contribution in [0.5, 0.6) is 0 Å². The maximum absolute atomic E-state index is 7.64. The Kier molecular flexibility index (Phi) is 2.76. The average molecular weight is 355 g/mol. The third-order valence-corrected chi connectivity index (χ3v) is 5.34. The summed E-state index contributed by atoms with van der Waals surface area (Å²) in [5.74, 6) is 0. The van der Waals surface area contributed by atoms with Gasteiger partial charge in [-0.05, 0) is 55.2 Å². The fraction of sp³-hybridized carbons (Fsp3) is 0.160. The van der Waals surface area contributed by atoms with Crippen LogP contribution in [0.2, 0.25) is 0 Å². The van der Waals surface area contributed by atoms with E-state index >= 15 is 0 Å². The maximum Gasteiger partial charge on any atom is 0.216 e. The fourth-order valence-electron chi connectivity index (χ4n) is 3.95. The molecule has 0 unspecified atom stereocenters. The third kappa shape index (κ3) is 2.52. The summed E-state index contributed by atoms with van der Waals surface area (Å²) >= 11 is 0. The predicted molar refractivity (Wildman–Crippen MR) is 112 cm³/mol. The molecule has 3 aromatic carbocycles. The summed E-state index contributed by atoms with van der Waals surface area (Å²) < 4.78 is 31.2. The molecule has 0 aliphatic heterocycles. The van der Waals surface area contributed by atoms with E-state index < -0.39 is 6.85 Å². The maximum atomic E-state index is 7.64. The van der Waals surface area contributed by atoms with E-state index in [9.17, 15) is 0 Å². The predicted octanol–water partition coefficient (Wildman–Crippen LogP) is 6.16. The van der Waals surface area contributed by atoms with Gasteiger partial charge in [-0.1, -0.05) is 41.5 Å². The Morgan fingerprint density at radius 3 is 2.44 bits per heavy atom. The molecule has 0 spiro atoms. The van der Waals surface area contributed by atoms with Crippen LogP contribution in [-0.2, 0) is 7.05 Å². The first kappa shape index (κ1) is 13.1. The molecule has 0 aliphatic carbocycles. The van der Waals surface area contributed by atoms with E-state index in [1.54, 1.807) is 12.1 Å². The van der Waals surface area contributed by atoms with Crippen LogP contribution in [-0.4, -0.2) is 0 Å². The van der Waals surface area contributed by atoms with Crippen LogP contribution >= 0.6 is 0 Å². The second-order valence-corrected chi connectivity index (χ2v) is 7.38. The van der Waals surface area contributed by atoms with Crippen molar-refractivity contribution in [2.24, 2.45) is 7.05 Å². The summed E-state index contributed by atoms with van der Waals surface area (Å²) in [6, 6.07) is 18.1. The molecule has 0 N–H and O–H groups in total. The first-order chi connectivity index (χ1) is 14.2. The lowest BCUT2D eigenvalue weighted by Gasteiger charge is -2.05.